The predicted molar refractivity (Wildman–Crippen MR) is 67.1 cm³/mol. The van der Waals surface area contributed by atoms with Crippen LogP contribution < -0.4 is 0 Å². The molecule has 0 amide bonds. The van der Waals surface area contributed by atoms with Crippen molar-refractivity contribution in [2.45, 2.75) is 26.0 Å². The summed E-state index contributed by atoms with van der Waals surface area (Å²) in [6.45, 7) is 3.09. The van der Waals surface area contributed by atoms with Crippen LogP contribution in [0.15, 0.2) is 42.3 Å². The van der Waals surface area contributed by atoms with E-state index in [-0.39, 0.29) is 12.8 Å². The van der Waals surface area contributed by atoms with Gasteiger partial charge in [-0.25, -0.2) is 0 Å². The molecule has 0 fully saturated rings. The summed E-state index contributed by atoms with van der Waals surface area (Å²) in [7, 11) is 0. The number of unbranched alkanes of at least 4 members (excludes halogenated alkanes) is 1. The SMILES string of the molecule is CCCCN1C=C(CO)OC1c1ccccc1. The maximum Gasteiger partial charge on any atom is 0.198 e. The molecule has 1 aromatic carbocycles. The Kier molecular flexibility index (Phi) is 4.04. The van der Waals surface area contributed by atoms with Crippen molar-refractivity contribution in [3.63, 3.8) is 0 Å². The Balaban J connectivity index is 2.11. The quantitative estimate of drug-likeness (QED) is 0.848. The zero-order valence-corrected chi connectivity index (χ0v) is 10.2. The van der Waals surface area contributed by atoms with Gasteiger partial charge in [0, 0.05) is 18.3 Å². The van der Waals surface area contributed by atoms with Crippen molar-refractivity contribution in [2.75, 3.05) is 13.2 Å². The second kappa shape index (κ2) is 5.73. The highest BCUT2D eigenvalue weighted by molar-refractivity contribution is 5.20. The van der Waals surface area contributed by atoms with E-state index in [4.69, 9.17) is 9.84 Å². The van der Waals surface area contributed by atoms with E-state index in [0.717, 1.165) is 24.9 Å². The van der Waals surface area contributed by atoms with Gasteiger partial charge in [0.15, 0.2) is 6.23 Å². The van der Waals surface area contributed by atoms with Gasteiger partial charge in [-0.15, -0.1) is 0 Å². The van der Waals surface area contributed by atoms with Crippen LogP contribution in [0.3, 0.4) is 0 Å². The van der Waals surface area contributed by atoms with Crippen molar-refractivity contribution >= 4 is 0 Å². The Morgan fingerprint density at radius 2 is 2.06 bits per heavy atom. The molecule has 1 aliphatic rings. The van der Waals surface area contributed by atoms with Gasteiger partial charge in [0.05, 0.1) is 0 Å². The molecule has 3 nitrogen and oxygen atoms in total. The Labute approximate surface area is 102 Å². The summed E-state index contributed by atoms with van der Waals surface area (Å²) < 4.78 is 5.74. The molecule has 0 saturated heterocycles. The Hall–Kier alpha value is -1.48. The lowest BCUT2D eigenvalue weighted by atomic mass is 10.2. The lowest BCUT2D eigenvalue weighted by Gasteiger charge is -2.24. The van der Waals surface area contributed by atoms with Gasteiger partial charge in [0.2, 0.25) is 0 Å². The van der Waals surface area contributed by atoms with E-state index in [2.05, 4.69) is 24.0 Å². The summed E-state index contributed by atoms with van der Waals surface area (Å²) in [5.74, 6) is 0.648. The summed E-state index contributed by atoms with van der Waals surface area (Å²) >= 11 is 0. The first-order valence-corrected chi connectivity index (χ1v) is 6.14. The lowest BCUT2D eigenvalue weighted by Crippen LogP contribution is -2.21. The predicted octanol–water partition coefficient (Wildman–Crippen LogP) is 2.65. The molecule has 0 spiro atoms. The third-order valence-corrected chi connectivity index (χ3v) is 2.88. The van der Waals surface area contributed by atoms with Crippen LogP contribution in [0, 0.1) is 0 Å². The molecule has 3 heteroatoms. The number of ether oxygens (including phenoxy) is 1. The molecular formula is C14H19NO2. The number of aliphatic hydroxyl groups is 1. The summed E-state index contributed by atoms with van der Waals surface area (Å²) in [6.07, 6.45) is 4.13. The van der Waals surface area contributed by atoms with Crippen LogP contribution >= 0.6 is 0 Å². The fourth-order valence-corrected chi connectivity index (χ4v) is 1.97. The monoisotopic (exact) mass is 233 g/mol. The summed E-state index contributed by atoms with van der Waals surface area (Å²) in [6, 6.07) is 10.1. The average Bonchev–Trinajstić information content (AvgIpc) is 2.80. The molecule has 17 heavy (non-hydrogen) atoms. The van der Waals surface area contributed by atoms with Gasteiger partial charge in [-0.2, -0.15) is 0 Å². The van der Waals surface area contributed by atoms with Crippen molar-refractivity contribution in [3.05, 3.63) is 47.9 Å². The van der Waals surface area contributed by atoms with Crippen molar-refractivity contribution in [1.29, 1.82) is 0 Å². The Bertz CT molecular complexity index is 375. The van der Waals surface area contributed by atoms with E-state index >= 15 is 0 Å². The average molecular weight is 233 g/mol. The Morgan fingerprint density at radius 3 is 2.71 bits per heavy atom. The zero-order chi connectivity index (χ0) is 12.1. The molecule has 0 radical (unpaired) electrons. The fraction of sp³-hybridized carbons (Fsp3) is 0.429. The van der Waals surface area contributed by atoms with Crippen LogP contribution in [-0.4, -0.2) is 23.2 Å². The minimum absolute atomic E-state index is 0.0358. The number of nitrogens with zero attached hydrogens (tertiary/aromatic N) is 1. The molecule has 0 aliphatic carbocycles. The normalized spacial score (nSPS) is 19.1. The molecule has 2 rings (SSSR count). The summed E-state index contributed by atoms with van der Waals surface area (Å²) in [5, 5.41) is 9.15. The highest BCUT2D eigenvalue weighted by atomic mass is 16.5. The minimum Gasteiger partial charge on any atom is -0.467 e. The van der Waals surface area contributed by atoms with Gasteiger partial charge in [-0.05, 0) is 6.42 Å². The zero-order valence-electron chi connectivity index (χ0n) is 10.2. The molecule has 1 aliphatic heterocycles. The molecule has 1 heterocycles. The smallest absolute Gasteiger partial charge is 0.198 e. The first-order valence-electron chi connectivity index (χ1n) is 6.14. The molecule has 92 valence electrons. The minimum atomic E-state index is -0.0788. The summed E-state index contributed by atoms with van der Waals surface area (Å²) in [5.41, 5.74) is 1.13. The standard InChI is InChI=1S/C14H19NO2/c1-2-3-9-15-10-13(11-16)17-14(15)12-7-5-4-6-8-12/h4-8,10,14,16H,2-3,9,11H2,1H3. The third-order valence-electron chi connectivity index (χ3n) is 2.88. The van der Waals surface area contributed by atoms with Gasteiger partial charge in [0.1, 0.15) is 12.4 Å². The van der Waals surface area contributed by atoms with Crippen molar-refractivity contribution in [3.8, 4) is 0 Å². The van der Waals surface area contributed by atoms with E-state index in [1.165, 1.54) is 0 Å². The summed E-state index contributed by atoms with van der Waals surface area (Å²) in [4.78, 5) is 2.16. The highest BCUT2D eigenvalue weighted by Gasteiger charge is 2.26. The topological polar surface area (TPSA) is 32.7 Å². The van der Waals surface area contributed by atoms with E-state index < -0.39 is 0 Å². The van der Waals surface area contributed by atoms with Gasteiger partial charge < -0.3 is 14.7 Å². The van der Waals surface area contributed by atoms with Crippen molar-refractivity contribution < 1.29 is 9.84 Å². The first-order chi connectivity index (χ1) is 8.35. The molecule has 1 atom stereocenters. The van der Waals surface area contributed by atoms with E-state index in [9.17, 15) is 0 Å². The van der Waals surface area contributed by atoms with Crippen LogP contribution in [0.2, 0.25) is 0 Å². The van der Waals surface area contributed by atoms with Crippen molar-refractivity contribution in [1.82, 2.24) is 4.90 Å². The largest absolute Gasteiger partial charge is 0.467 e. The second-order valence-electron chi connectivity index (χ2n) is 4.23. The van der Waals surface area contributed by atoms with Crippen LogP contribution in [0.4, 0.5) is 0 Å². The maximum absolute atomic E-state index is 9.15. The lowest BCUT2D eigenvalue weighted by molar-refractivity contribution is 0.0305. The number of hydrogen-bond donors (Lipinski definition) is 1. The fourth-order valence-electron chi connectivity index (χ4n) is 1.97. The third kappa shape index (κ3) is 2.80. The number of aliphatic hydroxyl groups excluding tert-OH is 1. The van der Waals surface area contributed by atoms with Crippen LogP contribution in [0.5, 0.6) is 0 Å². The molecule has 1 aromatic rings. The van der Waals surface area contributed by atoms with E-state index in [1.54, 1.807) is 0 Å². The van der Waals surface area contributed by atoms with Gasteiger partial charge >= 0.3 is 0 Å². The molecular weight excluding hydrogens is 214 g/mol. The van der Waals surface area contributed by atoms with Crippen LogP contribution in [0.1, 0.15) is 31.6 Å². The molecule has 0 aromatic heterocycles. The molecule has 0 saturated carbocycles. The highest BCUT2D eigenvalue weighted by Crippen LogP contribution is 2.31. The Morgan fingerprint density at radius 1 is 1.29 bits per heavy atom. The van der Waals surface area contributed by atoms with Crippen molar-refractivity contribution in [2.24, 2.45) is 0 Å². The molecule has 1 N–H and O–H groups in total. The molecule has 1 unspecified atom stereocenters. The van der Waals surface area contributed by atoms with Gasteiger partial charge in [-0.1, -0.05) is 43.7 Å². The second-order valence-corrected chi connectivity index (χ2v) is 4.23. The van der Waals surface area contributed by atoms with Gasteiger partial charge in [-0.3, -0.25) is 0 Å². The van der Waals surface area contributed by atoms with Crippen LogP contribution in [-0.2, 0) is 4.74 Å². The maximum atomic E-state index is 9.15. The number of hydrogen-bond acceptors (Lipinski definition) is 3. The van der Waals surface area contributed by atoms with E-state index in [0.29, 0.717) is 5.76 Å². The van der Waals surface area contributed by atoms with Gasteiger partial charge in [0.25, 0.3) is 0 Å². The molecule has 0 bridgehead atoms. The number of benzene rings is 1. The first kappa shape index (κ1) is 12.0. The van der Waals surface area contributed by atoms with Crippen LogP contribution in [0.25, 0.3) is 0 Å². The van der Waals surface area contributed by atoms with E-state index in [1.807, 2.05) is 24.4 Å². The number of rotatable bonds is 5.